The molecule has 0 atom stereocenters. The molecule has 29 heavy (non-hydrogen) atoms. The highest BCUT2D eigenvalue weighted by Gasteiger charge is 2.14. The standard InChI is InChI=1S/C21H20N2O5S/c1-2-27-21(24)22-16-10-14-20(15-11-16)29(25,26)23-17-8-12-19(13-9-17)28-18-6-4-3-5-7-18/h3-15,23H,2H2,1H3,(H,22,24). The second-order valence-electron chi connectivity index (χ2n) is 5.91. The van der Waals surface area contributed by atoms with Gasteiger partial charge in [-0.1, -0.05) is 18.2 Å². The zero-order valence-corrected chi connectivity index (χ0v) is 16.5. The van der Waals surface area contributed by atoms with Gasteiger partial charge in [-0.05, 0) is 67.6 Å². The van der Waals surface area contributed by atoms with Crippen LogP contribution in [0.25, 0.3) is 0 Å². The molecule has 0 saturated heterocycles. The molecule has 1 amide bonds. The first-order chi connectivity index (χ1) is 14.0. The molecule has 0 aliphatic heterocycles. The van der Waals surface area contributed by atoms with Gasteiger partial charge in [0.15, 0.2) is 0 Å². The molecule has 0 aliphatic carbocycles. The number of hydrogen-bond acceptors (Lipinski definition) is 5. The summed E-state index contributed by atoms with van der Waals surface area (Å²) in [7, 11) is -3.78. The number of carbonyl (C=O) groups is 1. The summed E-state index contributed by atoms with van der Waals surface area (Å²) in [6.07, 6.45) is -0.598. The number of para-hydroxylation sites is 1. The third kappa shape index (κ3) is 5.73. The molecular formula is C21H20N2O5S. The molecule has 7 nitrogen and oxygen atoms in total. The van der Waals surface area contributed by atoms with E-state index in [1.807, 2.05) is 30.3 Å². The smallest absolute Gasteiger partial charge is 0.411 e. The summed E-state index contributed by atoms with van der Waals surface area (Å²) >= 11 is 0. The summed E-state index contributed by atoms with van der Waals surface area (Å²) < 4.78 is 38.1. The van der Waals surface area contributed by atoms with Crippen molar-refractivity contribution < 1.29 is 22.7 Å². The highest BCUT2D eigenvalue weighted by atomic mass is 32.2. The lowest BCUT2D eigenvalue weighted by atomic mass is 10.3. The first kappa shape index (κ1) is 20.2. The number of benzene rings is 3. The van der Waals surface area contributed by atoms with Crippen LogP contribution in [0.2, 0.25) is 0 Å². The van der Waals surface area contributed by atoms with E-state index in [0.29, 0.717) is 22.9 Å². The van der Waals surface area contributed by atoms with Crippen LogP contribution >= 0.6 is 0 Å². The van der Waals surface area contributed by atoms with Gasteiger partial charge in [0, 0.05) is 11.4 Å². The van der Waals surface area contributed by atoms with Crippen molar-refractivity contribution in [2.75, 3.05) is 16.6 Å². The van der Waals surface area contributed by atoms with Gasteiger partial charge in [0.2, 0.25) is 0 Å². The maximum atomic E-state index is 12.6. The number of ether oxygens (including phenoxy) is 2. The minimum Gasteiger partial charge on any atom is -0.457 e. The fourth-order valence-electron chi connectivity index (χ4n) is 2.43. The molecule has 0 unspecified atom stereocenters. The number of nitrogens with one attached hydrogen (secondary N) is 2. The number of carbonyl (C=O) groups excluding carboxylic acids is 1. The lowest BCUT2D eigenvalue weighted by Crippen LogP contribution is -2.14. The van der Waals surface area contributed by atoms with Crippen molar-refractivity contribution in [3.8, 4) is 11.5 Å². The van der Waals surface area contributed by atoms with Crippen molar-refractivity contribution in [3.05, 3.63) is 78.9 Å². The Morgan fingerprint density at radius 3 is 2.03 bits per heavy atom. The van der Waals surface area contributed by atoms with Gasteiger partial charge in [0.1, 0.15) is 11.5 Å². The number of sulfonamides is 1. The maximum Gasteiger partial charge on any atom is 0.411 e. The third-order valence-electron chi connectivity index (χ3n) is 3.77. The van der Waals surface area contributed by atoms with Gasteiger partial charge in [-0.25, -0.2) is 13.2 Å². The Hall–Kier alpha value is -3.52. The highest BCUT2D eigenvalue weighted by Crippen LogP contribution is 2.24. The Balaban J connectivity index is 1.65. The average Bonchev–Trinajstić information content (AvgIpc) is 2.71. The summed E-state index contributed by atoms with van der Waals surface area (Å²) in [6.45, 7) is 1.94. The first-order valence-electron chi connectivity index (χ1n) is 8.86. The summed E-state index contributed by atoms with van der Waals surface area (Å²) in [5, 5.41) is 2.51. The van der Waals surface area contributed by atoms with Crippen LogP contribution in [-0.2, 0) is 14.8 Å². The van der Waals surface area contributed by atoms with E-state index < -0.39 is 16.1 Å². The zero-order valence-electron chi connectivity index (χ0n) is 15.7. The topological polar surface area (TPSA) is 93.7 Å². The number of hydrogen-bond donors (Lipinski definition) is 2. The van der Waals surface area contributed by atoms with Crippen molar-refractivity contribution in [1.82, 2.24) is 0 Å². The van der Waals surface area contributed by atoms with E-state index in [0.717, 1.165) is 0 Å². The van der Waals surface area contributed by atoms with Gasteiger partial charge >= 0.3 is 6.09 Å². The van der Waals surface area contributed by atoms with E-state index in [-0.39, 0.29) is 11.5 Å². The van der Waals surface area contributed by atoms with Crippen LogP contribution in [0.15, 0.2) is 83.8 Å². The number of anilines is 2. The zero-order chi connectivity index (χ0) is 20.7. The lowest BCUT2D eigenvalue weighted by molar-refractivity contribution is 0.168. The van der Waals surface area contributed by atoms with E-state index in [2.05, 4.69) is 10.0 Å². The fourth-order valence-corrected chi connectivity index (χ4v) is 3.49. The maximum absolute atomic E-state index is 12.6. The van der Waals surface area contributed by atoms with Crippen molar-refractivity contribution >= 4 is 27.5 Å². The van der Waals surface area contributed by atoms with Gasteiger partial charge in [-0.15, -0.1) is 0 Å². The molecule has 3 rings (SSSR count). The van der Waals surface area contributed by atoms with E-state index in [1.54, 1.807) is 31.2 Å². The first-order valence-corrected chi connectivity index (χ1v) is 10.3. The van der Waals surface area contributed by atoms with E-state index in [4.69, 9.17) is 9.47 Å². The van der Waals surface area contributed by atoms with Gasteiger partial charge in [-0.2, -0.15) is 0 Å². The lowest BCUT2D eigenvalue weighted by Gasteiger charge is -2.10. The third-order valence-corrected chi connectivity index (χ3v) is 5.17. The highest BCUT2D eigenvalue weighted by molar-refractivity contribution is 7.92. The van der Waals surface area contributed by atoms with Gasteiger partial charge in [-0.3, -0.25) is 10.0 Å². The molecule has 0 radical (unpaired) electrons. The normalized spacial score (nSPS) is 10.8. The summed E-state index contributed by atoms with van der Waals surface area (Å²) in [4.78, 5) is 11.5. The number of amides is 1. The van der Waals surface area contributed by atoms with Gasteiger partial charge < -0.3 is 9.47 Å². The average molecular weight is 412 g/mol. The van der Waals surface area contributed by atoms with Crippen LogP contribution in [-0.4, -0.2) is 21.1 Å². The molecule has 0 saturated carbocycles. The molecule has 8 heteroatoms. The Labute approximate surface area is 169 Å². The van der Waals surface area contributed by atoms with Crippen molar-refractivity contribution in [3.63, 3.8) is 0 Å². The largest absolute Gasteiger partial charge is 0.457 e. The van der Waals surface area contributed by atoms with E-state index in [9.17, 15) is 13.2 Å². The SMILES string of the molecule is CCOC(=O)Nc1ccc(S(=O)(=O)Nc2ccc(Oc3ccccc3)cc2)cc1. The van der Waals surface area contributed by atoms with Crippen molar-refractivity contribution in [1.29, 1.82) is 0 Å². The Morgan fingerprint density at radius 2 is 1.41 bits per heavy atom. The van der Waals surface area contributed by atoms with Gasteiger partial charge in [0.05, 0.1) is 11.5 Å². The predicted octanol–water partition coefficient (Wildman–Crippen LogP) is 4.85. The molecule has 150 valence electrons. The van der Waals surface area contributed by atoms with E-state index in [1.165, 1.54) is 24.3 Å². The van der Waals surface area contributed by atoms with Crippen molar-refractivity contribution in [2.24, 2.45) is 0 Å². The molecular weight excluding hydrogens is 392 g/mol. The molecule has 0 heterocycles. The molecule has 0 fully saturated rings. The minimum absolute atomic E-state index is 0.0662. The minimum atomic E-state index is -3.78. The molecule has 2 N–H and O–H groups in total. The Kier molecular flexibility index (Phi) is 6.36. The molecule has 0 aliphatic rings. The van der Waals surface area contributed by atoms with Crippen LogP contribution in [0.1, 0.15) is 6.92 Å². The number of rotatable bonds is 7. The molecule has 3 aromatic rings. The fraction of sp³-hybridized carbons (Fsp3) is 0.0952. The van der Waals surface area contributed by atoms with Crippen LogP contribution in [0, 0.1) is 0 Å². The second kappa shape index (κ2) is 9.11. The van der Waals surface area contributed by atoms with Crippen molar-refractivity contribution in [2.45, 2.75) is 11.8 Å². The summed E-state index contributed by atoms with van der Waals surface area (Å²) in [5.41, 5.74) is 0.837. The van der Waals surface area contributed by atoms with Crippen LogP contribution in [0.4, 0.5) is 16.2 Å². The van der Waals surface area contributed by atoms with Gasteiger partial charge in [0.25, 0.3) is 10.0 Å². The van der Waals surface area contributed by atoms with Crippen LogP contribution < -0.4 is 14.8 Å². The monoisotopic (exact) mass is 412 g/mol. The predicted molar refractivity (Wildman–Crippen MR) is 111 cm³/mol. The molecule has 0 aromatic heterocycles. The summed E-state index contributed by atoms with van der Waals surface area (Å²) in [6, 6.07) is 21.7. The Morgan fingerprint density at radius 1 is 0.828 bits per heavy atom. The molecule has 0 spiro atoms. The second-order valence-corrected chi connectivity index (χ2v) is 7.60. The summed E-state index contributed by atoms with van der Waals surface area (Å²) in [5.74, 6) is 1.28. The van der Waals surface area contributed by atoms with Crippen LogP contribution in [0.3, 0.4) is 0 Å². The van der Waals surface area contributed by atoms with Crippen LogP contribution in [0.5, 0.6) is 11.5 Å². The molecule has 3 aromatic carbocycles. The quantitative estimate of drug-likeness (QED) is 0.579. The van der Waals surface area contributed by atoms with E-state index >= 15 is 0 Å². The molecule has 0 bridgehead atoms. The Bertz CT molecular complexity index is 1050.